The predicted molar refractivity (Wildman–Crippen MR) is 96.8 cm³/mol. The Morgan fingerprint density at radius 2 is 1.95 bits per heavy atom. The first-order valence-corrected chi connectivity index (χ1v) is 9.92. The van der Waals surface area contributed by atoms with Crippen molar-refractivity contribution >= 4 is 30.1 Å². The van der Waals surface area contributed by atoms with E-state index in [1.165, 1.54) is 38.5 Å². The first kappa shape index (κ1) is 18.4. The van der Waals surface area contributed by atoms with Crippen LogP contribution in [0.15, 0.2) is 0 Å². The van der Waals surface area contributed by atoms with Gasteiger partial charge in [-0.15, -0.1) is 12.4 Å². The van der Waals surface area contributed by atoms with Crippen LogP contribution in [-0.2, 0) is 4.79 Å². The highest BCUT2D eigenvalue weighted by Gasteiger charge is 2.36. The summed E-state index contributed by atoms with van der Waals surface area (Å²) in [5.74, 6) is 2.89. The van der Waals surface area contributed by atoms with Gasteiger partial charge in [-0.05, 0) is 50.6 Å². The molecule has 3 rings (SSSR count). The third-order valence-electron chi connectivity index (χ3n) is 5.74. The molecule has 3 atom stereocenters. The smallest absolute Gasteiger partial charge is 0.223 e. The minimum absolute atomic E-state index is 0. The Kier molecular flexibility index (Phi) is 7.36. The minimum atomic E-state index is 0. The lowest BCUT2D eigenvalue weighted by Gasteiger charge is -2.44. The molecule has 2 saturated heterocycles. The summed E-state index contributed by atoms with van der Waals surface area (Å²) in [6.45, 7) is 5.55. The fourth-order valence-electron chi connectivity index (χ4n) is 4.38. The molecule has 0 spiro atoms. The van der Waals surface area contributed by atoms with Gasteiger partial charge in [0.05, 0.1) is 0 Å². The number of nitrogens with one attached hydrogen (secondary N) is 1. The van der Waals surface area contributed by atoms with Gasteiger partial charge in [0.25, 0.3) is 0 Å². The molecule has 0 aromatic rings. The van der Waals surface area contributed by atoms with Crippen LogP contribution < -0.4 is 5.32 Å². The number of piperidine rings is 1. The van der Waals surface area contributed by atoms with Gasteiger partial charge >= 0.3 is 0 Å². The Labute approximate surface area is 145 Å². The minimum Gasteiger partial charge on any atom is -0.338 e. The van der Waals surface area contributed by atoms with Crippen molar-refractivity contribution in [2.24, 2.45) is 11.8 Å². The largest absolute Gasteiger partial charge is 0.338 e. The van der Waals surface area contributed by atoms with Gasteiger partial charge in [-0.1, -0.05) is 19.8 Å². The lowest BCUT2D eigenvalue weighted by Crippen LogP contribution is -2.52. The fraction of sp³-hybridized carbons (Fsp3) is 0.941. The molecule has 1 aliphatic carbocycles. The highest BCUT2D eigenvalue weighted by Crippen LogP contribution is 2.36. The van der Waals surface area contributed by atoms with Crippen LogP contribution in [0.3, 0.4) is 0 Å². The summed E-state index contributed by atoms with van der Waals surface area (Å²) in [7, 11) is 0. The predicted octanol–water partition coefficient (Wildman–Crippen LogP) is 3.32. The number of carbonyl (C=O) groups is 1. The Morgan fingerprint density at radius 3 is 2.73 bits per heavy atom. The number of rotatable bonds is 3. The summed E-state index contributed by atoms with van der Waals surface area (Å²) in [6.07, 6.45) is 8.51. The van der Waals surface area contributed by atoms with Gasteiger partial charge in [0, 0.05) is 30.0 Å². The number of amides is 1. The Morgan fingerprint density at radius 1 is 1.23 bits per heavy atom. The molecule has 2 aliphatic heterocycles. The topological polar surface area (TPSA) is 32.3 Å². The molecule has 0 aromatic heterocycles. The van der Waals surface area contributed by atoms with E-state index < -0.39 is 0 Å². The maximum atomic E-state index is 12.8. The number of halogens is 1. The van der Waals surface area contributed by atoms with Gasteiger partial charge in [-0.2, -0.15) is 11.8 Å². The van der Waals surface area contributed by atoms with E-state index in [2.05, 4.69) is 28.9 Å². The van der Waals surface area contributed by atoms with Crippen molar-refractivity contribution in [3.63, 3.8) is 0 Å². The third-order valence-corrected chi connectivity index (χ3v) is 7.13. The molecule has 1 saturated carbocycles. The quantitative estimate of drug-likeness (QED) is 0.850. The summed E-state index contributed by atoms with van der Waals surface area (Å²) < 4.78 is 0. The van der Waals surface area contributed by atoms with Gasteiger partial charge in [0.1, 0.15) is 0 Å². The number of hydrogen-bond acceptors (Lipinski definition) is 3. The van der Waals surface area contributed by atoms with Crippen molar-refractivity contribution in [1.29, 1.82) is 0 Å². The molecule has 0 bridgehead atoms. The molecule has 1 amide bonds. The summed E-state index contributed by atoms with van der Waals surface area (Å²) in [4.78, 5) is 15.1. The number of hydrogen-bond donors (Lipinski definition) is 1. The van der Waals surface area contributed by atoms with Gasteiger partial charge in [0.15, 0.2) is 0 Å². The van der Waals surface area contributed by atoms with E-state index in [9.17, 15) is 4.79 Å². The van der Waals surface area contributed by atoms with Crippen molar-refractivity contribution in [2.75, 3.05) is 25.4 Å². The zero-order chi connectivity index (χ0) is 14.7. The zero-order valence-electron chi connectivity index (χ0n) is 13.8. The molecular formula is C17H31ClN2OS. The van der Waals surface area contributed by atoms with Crippen LogP contribution in [0.25, 0.3) is 0 Å². The van der Waals surface area contributed by atoms with Gasteiger partial charge < -0.3 is 10.2 Å². The van der Waals surface area contributed by atoms with Gasteiger partial charge in [-0.3, -0.25) is 4.79 Å². The molecule has 2 heterocycles. The highest BCUT2D eigenvalue weighted by atomic mass is 35.5. The molecule has 3 unspecified atom stereocenters. The van der Waals surface area contributed by atoms with E-state index in [-0.39, 0.29) is 12.4 Å². The van der Waals surface area contributed by atoms with Crippen LogP contribution in [0.5, 0.6) is 0 Å². The fourth-order valence-corrected chi connectivity index (χ4v) is 5.82. The molecule has 128 valence electrons. The van der Waals surface area contributed by atoms with Crippen molar-refractivity contribution in [1.82, 2.24) is 10.2 Å². The highest BCUT2D eigenvalue weighted by molar-refractivity contribution is 8.00. The molecular weight excluding hydrogens is 316 g/mol. The van der Waals surface area contributed by atoms with Crippen molar-refractivity contribution in [3.05, 3.63) is 0 Å². The van der Waals surface area contributed by atoms with Gasteiger partial charge in [-0.25, -0.2) is 0 Å². The maximum Gasteiger partial charge on any atom is 0.223 e. The monoisotopic (exact) mass is 346 g/mol. The van der Waals surface area contributed by atoms with Gasteiger partial charge in [0.2, 0.25) is 5.91 Å². The first-order valence-electron chi connectivity index (χ1n) is 8.87. The summed E-state index contributed by atoms with van der Waals surface area (Å²) in [5.41, 5.74) is 0. The Hall–Kier alpha value is 0.0700. The number of carbonyl (C=O) groups excluding carboxylic acids is 1. The molecule has 3 fully saturated rings. The normalized spacial score (nSPS) is 31.0. The Bertz CT molecular complexity index is 361. The number of thioether (sulfide) groups is 1. The second-order valence-corrected chi connectivity index (χ2v) is 8.46. The van der Waals surface area contributed by atoms with E-state index >= 15 is 0 Å². The van der Waals surface area contributed by atoms with E-state index in [1.807, 2.05) is 0 Å². The summed E-state index contributed by atoms with van der Waals surface area (Å²) in [5, 5.41) is 4.15. The molecule has 0 aromatic carbocycles. The molecule has 0 radical (unpaired) electrons. The second kappa shape index (κ2) is 8.79. The standard InChI is InChI=1S/C17H30N2OS.ClH/c1-13(14-6-8-18-9-7-14)12-17(20)19-10-11-21-16-5-3-2-4-15(16)19;/h13-16,18H,2-12H2,1H3;1H. The van der Waals surface area contributed by atoms with Crippen LogP contribution in [0.4, 0.5) is 0 Å². The molecule has 5 heteroatoms. The average molecular weight is 347 g/mol. The first-order chi connectivity index (χ1) is 10.3. The van der Waals surface area contributed by atoms with Crippen molar-refractivity contribution in [2.45, 2.75) is 63.2 Å². The second-order valence-electron chi connectivity index (χ2n) is 7.12. The zero-order valence-corrected chi connectivity index (χ0v) is 15.4. The van der Waals surface area contributed by atoms with E-state index in [4.69, 9.17) is 0 Å². The Balaban J connectivity index is 0.00000176. The van der Waals surface area contributed by atoms with Crippen LogP contribution in [0.1, 0.15) is 51.9 Å². The molecule has 1 N–H and O–H groups in total. The number of fused-ring (bicyclic) bond motifs is 1. The van der Waals surface area contributed by atoms with Crippen molar-refractivity contribution < 1.29 is 4.79 Å². The number of nitrogens with zero attached hydrogens (tertiary/aromatic N) is 1. The van der Waals surface area contributed by atoms with E-state index in [0.717, 1.165) is 43.0 Å². The summed E-state index contributed by atoms with van der Waals surface area (Å²) >= 11 is 2.11. The molecule has 3 nitrogen and oxygen atoms in total. The lowest BCUT2D eigenvalue weighted by molar-refractivity contribution is -0.135. The molecule has 3 aliphatic rings. The third kappa shape index (κ3) is 4.33. The van der Waals surface area contributed by atoms with Crippen LogP contribution in [-0.4, -0.2) is 47.5 Å². The average Bonchev–Trinajstić information content (AvgIpc) is 2.55. The lowest BCUT2D eigenvalue weighted by atomic mass is 9.83. The van der Waals surface area contributed by atoms with Crippen LogP contribution in [0.2, 0.25) is 0 Å². The van der Waals surface area contributed by atoms with E-state index in [1.54, 1.807) is 0 Å². The van der Waals surface area contributed by atoms with E-state index in [0.29, 0.717) is 17.9 Å². The maximum absolute atomic E-state index is 12.8. The molecule has 22 heavy (non-hydrogen) atoms. The van der Waals surface area contributed by atoms with Crippen LogP contribution >= 0.6 is 24.2 Å². The van der Waals surface area contributed by atoms with Crippen molar-refractivity contribution in [3.8, 4) is 0 Å². The SMILES string of the molecule is CC(CC(=O)N1CCSC2CCCCC21)C1CCNCC1.Cl. The summed E-state index contributed by atoms with van der Waals surface area (Å²) in [6, 6.07) is 0.547. The van der Waals surface area contributed by atoms with Crippen LogP contribution in [0, 0.1) is 11.8 Å².